The van der Waals surface area contributed by atoms with E-state index < -0.39 is 21.6 Å². The number of aliphatic imine (C=N–C) groups is 1. The van der Waals surface area contributed by atoms with E-state index in [0.29, 0.717) is 53.2 Å². The van der Waals surface area contributed by atoms with Gasteiger partial charge in [0.15, 0.2) is 9.84 Å². The quantitative estimate of drug-likeness (QED) is 0.347. The molecule has 0 aromatic heterocycles. The second-order valence-electron chi connectivity index (χ2n) is 11.4. The molecule has 2 unspecified atom stereocenters. The number of hydrogen-bond donors (Lipinski definition) is 2. The van der Waals surface area contributed by atoms with Gasteiger partial charge in [0.1, 0.15) is 5.84 Å². The van der Waals surface area contributed by atoms with Crippen LogP contribution >= 0.6 is 0 Å². The topological polar surface area (TPSA) is 73.8 Å². The molecule has 10 heteroatoms. The molecular formula is C25H35F3N4O2S. The first-order valence-electron chi connectivity index (χ1n) is 12.6. The summed E-state index contributed by atoms with van der Waals surface area (Å²) in [4.78, 5) is 7.29. The number of rotatable bonds is 6. The van der Waals surface area contributed by atoms with Gasteiger partial charge in [0.05, 0.1) is 17.1 Å². The molecule has 2 N–H and O–H groups in total. The Hall–Kier alpha value is -1.65. The van der Waals surface area contributed by atoms with Crippen LogP contribution in [0, 0.1) is 23.2 Å². The summed E-state index contributed by atoms with van der Waals surface area (Å²) in [6.45, 7) is 6.50. The predicted molar refractivity (Wildman–Crippen MR) is 130 cm³/mol. The van der Waals surface area contributed by atoms with E-state index in [4.69, 9.17) is 4.99 Å². The smallest absolute Gasteiger partial charge is 0.305 e. The van der Waals surface area contributed by atoms with Crippen LogP contribution in [0.4, 0.5) is 13.2 Å². The lowest BCUT2D eigenvalue weighted by molar-refractivity contribution is -0.137. The highest BCUT2D eigenvalue weighted by atomic mass is 32.2. The second kappa shape index (κ2) is 9.03. The zero-order valence-electron chi connectivity index (χ0n) is 20.3. The number of likely N-dealkylation sites (tertiary alicyclic amines) is 1. The molecule has 2 aliphatic heterocycles. The van der Waals surface area contributed by atoms with Crippen LogP contribution in [0.1, 0.15) is 50.7 Å². The van der Waals surface area contributed by atoms with E-state index >= 15 is 0 Å². The lowest BCUT2D eigenvalue weighted by atomic mass is 9.80. The minimum absolute atomic E-state index is 0.0466. The van der Waals surface area contributed by atoms with E-state index in [9.17, 15) is 21.6 Å². The van der Waals surface area contributed by atoms with E-state index in [2.05, 4.69) is 15.8 Å². The molecule has 0 radical (unpaired) electrons. The zero-order chi connectivity index (χ0) is 25.0. The lowest BCUT2D eigenvalue weighted by Gasteiger charge is -2.48. The molecule has 2 aliphatic carbocycles. The number of halogens is 3. The van der Waals surface area contributed by atoms with Crippen molar-refractivity contribution in [2.75, 3.05) is 31.1 Å². The fourth-order valence-electron chi connectivity index (χ4n) is 6.52. The third-order valence-corrected chi connectivity index (χ3v) is 10.5. The third kappa shape index (κ3) is 5.39. The Balaban J connectivity index is 1.16. The fourth-order valence-corrected chi connectivity index (χ4v) is 8.87. The van der Waals surface area contributed by atoms with Crippen LogP contribution in [0.5, 0.6) is 0 Å². The largest absolute Gasteiger partial charge is 0.416 e. The Morgan fingerprint density at radius 1 is 1.17 bits per heavy atom. The van der Waals surface area contributed by atoms with Gasteiger partial charge in [-0.15, -0.1) is 0 Å². The monoisotopic (exact) mass is 512 g/mol. The van der Waals surface area contributed by atoms with Gasteiger partial charge in [-0.25, -0.2) is 13.8 Å². The molecule has 6 nitrogen and oxygen atoms in total. The molecular weight excluding hydrogens is 477 g/mol. The minimum atomic E-state index is -4.39. The Kier molecular flexibility index (Phi) is 6.45. The maximum atomic E-state index is 13.2. The van der Waals surface area contributed by atoms with Crippen molar-refractivity contribution < 1.29 is 21.6 Å². The SMILES string of the molecule is CC(C)NNC(=NCC1[C@H]2CC(N3CCC4(CC3)CS(=O)(=O)C4)C[C@@H]12)c1cccc(C(F)(F)F)c1. The molecule has 0 amide bonds. The van der Waals surface area contributed by atoms with Gasteiger partial charge in [-0.1, -0.05) is 12.1 Å². The summed E-state index contributed by atoms with van der Waals surface area (Å²) in [5, 5.41) is 0. The predicted octanol–water partition coefficient (Wildman–Crippen LogP) is 3.49. The van der Waals surface area contributed by atoms with Crippen molar-refractivity contribution in [3.05, 3.63) is 35.4 Å². The van der Waals surface area contributed by atoms with Crippen LogP contribution in [0.15, 0.2) is 29.3 Å². The van der Waals surface area contributed by atoms with Gasteiger partial charge < -0.3 is 10.3 Å². The van der Waals surface area contributed by atoms with Crippen molar-refractivity contribution >= 4 is 15.7 Å². The van der Waals surface area contributed by atoms with Gasteiger partial charge in [0, 0.05) is 29.6 Å². The Labute approximate surface area is 205 Å². The summed E-state index contributed by atoms with van der Waals surface area (Å²) >= 11 is 0. The molecule has 0 bridgehead atoms. The highest BCUT2D eigenvalue weighted by Gasteiger charge is 2.57. The summed E-state index contributed by atoms with van der Waals surface area (Å²) in [5.41, 5.74) is 5.89. The molecule has 5 rings (SSSR count). The summed E-state index contributed by atoms with van der Waals surface area (Å²) < 4.78 is 62.9. The van der Waals surface area contributed by atoms with Crippen LogP contribution in [0.3, 0.4) is 0 Å². The molecule has 4 aliphatic rings. The summed E-state index contributed by atoms with van der Waals surface area (Å²) in [5.74, 6) is 2.94. The number of hydrogen-bond acceptors (Lipinski definition) is 5. The number of fused-ring (bicyclic) bond motifs is 1. The van der Waals surface area contributed by atoms with Crippen LogP contribution in [0.25, 0.3) is 0 Å². The van der Waals surface area contributed by atoms with E-state index in [1.807, 2.05) is 13.8 Å². The Bertz CT molecular complexity index is 1050. The number of nitrogens with one attached hydrogen (secondary N) is 2. The molecule has 2 saturated heterocycles. The van der Waals surface area contributed by atoms with Gasteiger partial charge in [-0.3, -0.25) is 4.99 Å². The number of nitrogens with zero attached hydrogens (tertiary/aromatic N) is 2. The number of piperidine rings is 1. The number of alkyl halides is 3. The molecule has 1 aromatic carbocycles. The van der Waals surface area contributed by atoms with Gasteiger partial charge in [-0.05, 0) is 82.5 Å². The van der Waals surface area contributed by atoms with Crippen molar-refractivity contribution in [1.29, 1.82) is 0 Å². The number of hydrazine groups is 1. The summed E-state index contributed by atoms with van der Waals surface area (Å²) in [7, 11) is -2.78. The number of amidine groups is 1. The van der Waals surface area contributed by atoms with Gasteiger partial charge >= 0.3 is 6.18 Å². The number of sulfone groups is 1. The molecule has 4 fully saturated rings. The van der Waals surface area contributed by atoms with Crippen LogP contribution in [-0.4, -0.2) is 62.4 Å². The van der Waals surface area contributed by atoms with Gasteiger partial charge in [-0.2, -0.15) is 13.2 Å². The fraction of sp³-hybridized carbons (Fsp3) is 0.720. The van der Waals surface area contributed by atoms with Gasteiger partial charge in [0.2, 0.25) is 0 Å². The molecule has 35 heavy (non-hydrogen) atoms. The standard InChI is InChI=1S/C25H35F3N4O2S/c1-16(2)30-31-23(17-4-3-5-18(10-17)25(26,27)28)29-13-22-20-11-19(12-21(20)22)32-8-6-24(7-9-32)14-35(33,34)15-24/h3-5,10,16,19-22,30H,6-9,11-15H2,1-2H3,(H,29,31)/t19?,20-,21+,22?. The van der Waals surface area contributed by atoms with E-state index in [1.54, 1.807) is 6.07 Å². The van der Waals surface area contributed by atoms with Crippen molar-refractivity contribution in [2.45, 2.75) is 57.8 Å². The average Bonchev–Trinajstić information content (AvgIpc) is 3.20. The lowest BCUT2D eigenvalue weighted by Crippen LogP contribution is -2.55. The second-order valence-corrected chi connectivity index (χ2v) is 13.4. The van der Waals surface area contributed by atoms with Crippen molar-refractivity contribution in [3.63, 3.8) is 0 Å². The summed E-state index contributed by atoms with van der Waals surface area (Å²) in [6.07, 6.45) is -0.128. The molecule has 2 heterocycles. The third-order valence-electron chi connectivity index (χ3n) is 8.43. The summed E-state index contributed by atoms with van der Waals surface area (Å²) in [6, 6.07) is 5.98. The maximum absolute atomic E-state index is 13.2. The van der Waals surface area contributed by atoms with Gasteiger partial charge in [0.25, 0.3) is 0 Å². The van der Waals surface area contributed by atoms with Crippen molar-refractivity contribution in [1.82, 2.24) is 15.8 Å². The van der Waals surface area contributed by atoms with Crippen molar-refractivity contribution in [3.8, 4) is 0 Å². The molecule has 1 aromatic rings. The highest BCUT2D eigenvalue weighted by molar-refractivity contribution is 7.92. The Morgan fingerprint density at radius 3 is 2.40 bits per heavy atom. The number of benzene rings is 1. The highest BCUT2D eigenvalue weighted by Crippen LogP contribution is 2.59. The first-order valence-corrected chi connectivity index (χ1v) is 14.4. The van der Waals surface area contributed by atoms with E-state index in [0.717, 1.165) is 50.9 Å². The normalized spacial score (nSPS) is 31.9. The molecule has 4 atom stereocenters. The van der Waals surface area contributed by atoms with Crippen molar-refractivity contribution in [2.24, 2.45) is 28.2 Å². The Morgan fingerprint density at radius 2 is 1.83 bits per heavy atom. The molecule has 194 valence electrons. The van der Waals surface area contributed by atoms with E-state index in [-0.39, 0.29) is 11.5 Å². The maximum Gasteiger partial charge on any atom is 0.416 e. The molecule has 2 saturated carbocycles. The van der Waals surface area contributed by atoms with E-state index in [1.165, 1.54) is 6.07 Å². The zero-order valence-corrected chi connectivity index (χ0v) is 21.1. The average molecular weight is 513 g/mol. The first kappa shape index (κ1) is 25.0. The van der Waals surface area contributed by atoms with Crippen LogP contribution < -0.4 is 10.9 Å². The first-order chi connectivity index (χ1) is 16.4. The molecule has 1 spiro atoms. The van der Waals surface area contributed by atoms with Crippen LogP contribution in [0.2, 0.25) is 0 Å². The van der Waals surface area contributed by atoms with Crippen LogP contribution in [-0.2, 0) is 16.0 Å². The minimum Gasteiger partial charge on any atom is -0.305 e.